The Kier molecular flexibility index (Phi) is 7.88. The largest absolute Gasteiger partial charge is 0.493 e. The highest BCUT2D eigenvalue weighted by atomic mass is 79.9. The Morgan fingerprint density at radius 1 is 1.10 bits per heavy atom. The van der Waals surface area contributed by atoms with E-state index < -0.39 is 17.2 Å². The quantitative estimate of drug-likeness (QED) is 0.393. The van der Waals surface area contributed by atoms with Crippen LogP contribution in [0.25, 0.3) is 10.9 Å². The van der Waals surface area contributed by atoms with Gasteiger partial charge in [-0.2, -0.15) is 9.97 Å². The van der Waals surface area contributed by atoms with Crippen molar-refractivity contribution in [2.24, 2.45) is 5.41 Å². The third-order valence-corrected chi connectivity index (χ3v) is 9.30. The van der Waals surface area contributed by atoms with Gasteiger partial charge in [0.25, 0.3) is 0 Å². The predicted molar refractivity (Wildman–Crippen MR) is 155 cm³/mol. The zero-order valence-corrected chi connectivity index (χ0v) is 26.1. The number of ether oxygens (including phenoxy) is 4. The van der Waals surface area contributed by atoms with Crippen LogP contribution in [0.4, 0.5) is 19.4 Å². The molecule has 1 saturated carbocycles. The lowest BCUT2D eigenvalue weighted by Gasteiger charge is -2.42. The molecular weight excluding hydrogens is 616 g/mol. The van der Waals surface area contributed by atoms with Crippen LogP contribution >= 0.6 is 15.9 Å². The predicted octanol–water partition coefficient (Wildman–Crippen LogP) is 4.76. The first kappa shape index (κ1) is 29.6. The van der Waals surface area contributed by atoms with Gasteiger partial charge in [0.1, 0.15) is 16.9 Å². The fourth-order valence-electron chi connectivity index (χ4n) is 6.36. The number of piperazine rings is 1. The van der Waals surface area contributed by atoms with Crippen molar-refractivity contribution in [3.63, 3.8) is 0 Å². The molecule has 2 atom stereocenters. The van der Waals surface area contributed by atoms with E-state index in [4.69, 9.17) is 23.9 Å². The molecule has 10 nitrogen and oxygen atoms in total. The monoisotopic (exact) mass is 653 g/mol. The molecule has 1 aliphatic carbocycles. The Labute approximate surface area is 252 Å². The van der Waals surface area contributed by atoms with Crippen molar-refractivity contribution in [1.29, 1.82) is 0 Å². The van der Waals surface area contributed by atoms with E-state index >= 15 is 8.78 Å². The number of amides is 1. The SMILES string of the molecule is COc1c(F)c(Br)c(F)c2nc(OCC3(CN4CCOCC4)CC3)nc(N3CC4CCC(C3)N4C(=O)OC(C)(C)C)c12. The Morgan fingerprint density at radius 2 is 1.76 bits per heavy atom. The molecule has 4 heterocycles. The third-order valence-electron chi connectivity index (χ3n) is 8.61. The van der Waals surface area contributed by atoms with Crippen LogP contribution in [0.15, 0.2) is 4.47 Å². The minimum atomic E-state index is -0.862. The van der Waals surface area contributed by atoms with E-state index in [-0.39, 0.29) is 50.7 Å². The summed E-state index contributed by atoms with van der Waals surface area (Å²) >= 11 is 3.03. The third kappa shape index (κ3) is 5.71. The molecule has 2 bridgehead atoms. The van der Waals surface area contributed by atoms with Crippen molar-refractivity contribution < 1.29 is 32.5 Å². The van der Waals surface area contributed by atoms with Crippen LogP contribution in [0.3, 0.4) is 0 Å². The molecule has 1 aromatic heterocycles. The maximum atomic E-state index is 15.6. The first-order chi connectivity index (χ1) is 20.0. The van der Waals surface area contributed by atoms with Gasteiger partial charge in [-0.05, 0) is 62.4 Å². The average Bonchev–Trinajstić information content (AvgIpc) is 3.66. The first-order valence-electron chi connectivity index (χ1n) is 14.6. The normalized spacial score (nSPS) is 23.8. The molecule has 4 aliphatic rings. The van der Waals surface area contributed by atoms with Crippen LogP contribution in [0.1, 0.15) is 46.5 Å². The minimum absolute atomic E-state index is 0.00636. The Bertz CT molecular complexity index is 1350. The van der Waals surface area contributed by atoms with Crippen molar-refractivity contribution in [2.75, 3.05) is 64.6 Å². The second-order valence-corrected chi connectivity index (χ2v) is 13.7. The summed E-state index contributed by atoms with van der Waals surface area (Å²) < 4.78 is 53.3. The van der Waals surface area contributed by atoms with Gasteiger partial charge in [-0.3, -0.25) is 9.80 Å². The fourth-order valence-corrected chi connectivity index (χ4v) is 6.72. The summed E-state index contributed by atoms with van der Waals surface area (Å²) in [4.78, 5) is 28.4. The zero-order chi connectivity index (χ0) is 29.8. The van der Waals surface area contributed by atoms with Gasteiger partial charge in [0.15, 0.2) is 17.4 Å². The van der Waals surface area contributed by atoms with Gasteiger partial charge >= 0.3 is 12.1 Å². The molecule has 42 heavy (non-hydrogen) atoms. The van der Waals surface area contributed by atoms with Crippen LogP contribution in [0, 0.1) is 17.0 Å². The van der Waals surface area contributed by atoms with Gasteiger partial charge in [-0.15, -0.1) is 0 Å². The molecular formula is C29H38BrF2N5O5. The number of anilines is 1. The molecule has 2 aromatic rings. The van der Waals surface area contributed by atoms with Crippen molar-refractivity contribution in [3.8, 4) is 11.8 Å². The maximum Gasteiger partial charge on any atom is 0.410 e. The highest BCUT2D eigenvalue weighted by Crippen LogP contribution is 2.47. The molecule has 1 aromatic carbocycles. The molecule has 0 spiro atoms. The van der Waals surface area contributed by atoms with Gasteiger partial charge in [0.05, 0.1) is 48.9 Å². The smallest absolute Gasteiger partial charge is 0.410 e. The van der Waals surface area contributed by atoms with Gasteiger partial charge in [-0.25, -0.2) is 13.6 Å². The van der Waals surface area contributed by atoms with E-state index in [1.54, 1.807) is 4.90 Å². The van der Waals surface area contributed by atoms with E-state index in [0.717, 1.165) is 58.5 Å². The average molecular weight is 655 g/mol. The molecule has 13 heteroatoms. The second-order valence-electron chi connectivity index (χ2n) is 12.9. The number of fused-ring (bicyclic) bond motifs is 3. The van der Waals surface area contributed by atoms with Gasteiger partial charge in [0, 0.05) is 38.1 Å². The summed E-state index contributed by atoms with van der Waals surface area (Å²) in [7, 11) is 1.34. The molecule has 4 fully saturated rings. The lowest BCUT2D eigenvalue weighted by atomic mass is 10.1. The first-order valence-corrected chi connectivity index (χ1v) is 15.4. The number of methoxy groups -OCH3 is 1. The van der Waals surface area contributed by atoms with Crippen molar-refractivity contribution >= 4 is 38.7 Å². The molecule has 3 aliphatic heterocycles. The molecule has 6 rings (SSSR count). The Balaban J connectivity index is 1.32. The number of aromatic nitrogens is 2. The fraction of sp³-hybridized carbons (Fsp3) is 0.690. The van der Waals surface area contributed by atoms with Crippen LogP contribution in [-0.4, -0.2) is 103 Å². The summed E-state index contributed by atoms with van der Waals surface area (Å²) in [6, 6.07) is -0.230. The number of nitrogens with zero attached hydrogens (tertiary/aromatic N) is 5. The van der Waals surface area contributed by atoms with E-state index in [0.29, 0.717) is 25.5 Å². The number of halogens is 3. The lowest BCUT2D eigenvalue weighted by molar-refractivity contribution is 0.0122. The highest BCUT2D eigenvalue weighted by molar-refractivity contribution is 9.10. The zero-order valence-electron chi connectivity index (χ0n) is 24.6. The summed E-state index contributed by atoms with van der Waals surface area (Å²) in [5.74, 6) is -1.52. The van der Waals surface area contributed by atoms with Gasteiger partial charge in [0.2, 0.25) is 0 Å². The number of hydrogen-bond acceptors (Lipinski definition) is 9. The standard InChI is InChI=1S/C29H38BrF2N5O5/c1-28(2,3)42-27(38)37-17-5-6-18(37)14-36(13-17)25-19-23(21(31)20(30)22(32)24(19)39-4)33-26(34-25)41-16-29(7-8-29)15-35-9-11-40-12-10-35/h17-18H,5-16H2,1-4H3. The second kappa shape index (κ2) is 11.2. The van der Waals surface area contributed by atoms with Crippen molar-refractivity contribution in [3.05, 3.63) is 16.1 Å². The summed E-state index contributed by atoms with van der Waals surface area (Å²) in [5, 5.41) is 0.141. The summed E-state index contributed by atoms with van der Waals surface area (Å²) in [6.07, 6.45) is 3.30. The van der Waals surface area contributed by atoms with Crippen LogP contribution < -0.4 is 14.4 Å². The molecule has 3 saturated heterocycles. The van der Waals surface area contributed by atoms with Crippen LogP contribution in [0.2, 0.25) is 0 Å². The van der Waals surface area contributed by atoms with Gasteiger partial charge < -0.3 is 23.8 Å². The number of morpholine rings is 1. The molecule has 0 N–H and O–H groups in total. The number of hydrogen-bond donors (Lipinski definition) is 0. The number of benzene rings is 1. The molecule has 1 amide bonds. The van der Waals surface area contributed by atoms with E-state index in [2.05, 4.69) is 25.8 Å². The molecule has 2 unspecified atom stereocenters. The Morgan fingerprint density at radius 3 is 2.36 bits per heavy atom. The molecule has 0 radical (unpaired) electrons. The molecule has 230 valence electrons. The topological polar surface area (TPSA) is 89.5 Å². The number of rotatable bonds is 7. The van der Waals surface area contributed by atoms with E-state index in [1.807, 2.05) is 25.7 Å². The van der Waals surface area contributed by atoms with Crippen LogP contribution in [0.5, 0.6) is 11.8 Å². The van der Waals surface area contributed by atoms with Crippen molar-refractivity contribution in [2.45, 2.75) is 64.1 Å². The van der Waals surface area contributed by atoms with Gasteiger partial charge in [-0.1, -0.05) is 0 Å². The summed E-state index contributed by atoms with van der Waals surface area (Å²) in [6.45, 7) is 10.9. The lowest BCUT2D eigenvalue weighted by Crippen LogP contribution is -2.57. The van der Waals surface area contributed by atoms with Crippen molar-refractivity contribution in [1.82, 2.24) is 19.8 Å². The Hall–Kier alpha value is -2.51. The summed E-state index contributed by atoms with van der Waals surface area (Å²) in [5.41, 5.74) is -0.701. The maximum absolute atomic E-state index is 15.6. The minimum Gasteiger partial charge on any atom is -0.493 e. The van der Waals surface area contributed by atoms with E-state index in [9.17, 15) is 4.79 Å². The number of carbonyl (C=O) groups is 1. The van der Waals surface area contributed by atoms with E-state index in [1.165, 1.54) is 7.11 Å². The number of carbonyl (C=O) groups excluding carboxylic acids is 1. The van der Waals surface area contributed by atoms with Crippen LogP contribution in [-0.2, 0) is 9.47 Å². The highest BCUT2D eigenvalue weighted by Gasteiger charge is 2.47.